The third-order valence-corrected chi connectivity index (χ3v) is 9.69. The van der Waals surface area contributed by atoms with E-state index in [9.17, 15) is 24.0 Å². The number of piperidine rings is 1. The lowest BCUT2D eigenvalue weighted by atomic mass is 10.0. The number of amides is 5. The van der Waals surface area contributed by atoms with E-state index in [-0.39, 0.29) is 42.0 Å². The number of nitrogens with zero attached hydrogens (tertiary/aromatic N) is 1. The minimum Gasteiger partial charge on any atom is -0.379 e. The molecular weight excluding hydrogens is 678 g/mol. The van der Waals surface area contributed by atoms with Gasteiger partial charge in [0.2, 0.25) is 17.7 Å². The van der Waals surface area contributed by atoms with Gasteiger partial charge in [0, 0.05) is 26.1 Å². The summed E-state index contributed by atoms with van der Waals surface area (Å²) in [5.41, 5.74) is 0.428. The number of ether oxygens (including phenoxy) is 4. The zero-order valence-corrected chi connectivity index (χ0v) is 32.2. The number of nitrogens with one attached hydrogen (secondary N) is 2. The lowest BCUT2D eigenvalue weighted by Gasteiger charge is -2.27. The van der Waals surface area contributed by atoms with Gasteiger partial charge in [-0.05, 0) is 37.8 Å². The summed E-state index contributed by atoms with van der Waals surface area (Å²) < 4.78 is 22.4. The van der Waals surface area contributed by atoms with E-state index in [1.807, 2.05) is 0 Å². The number of fused-ring (bicyclic) bond motifs is 1. The Balaban J connectivity index is 1.06. The van der Waals surface area contributed by atoms with E-state index in [1.165, 1.54) is 89.5 Å². The summed E-state index contributed by atoms with van der Waals surface area (Å²) in [6, 6.07) is 3.58. The van der Waals surface area contributed by atoms with Gasteiger partial charge in [0.05, 0.1) is 56.5 Å². The summed E-state index contributed by atoms with van der Waals surface area (Å²) in [6.45, 7) is 6.85. The summed E-state index contributed by atoms with van der Waals surface area (Å²) >= 11 is 0. The normalized spacial score (nSPS) is 15.6. The lowest BCUT2D eigenvalue weighted by molar-refractivity contribution is -0.136. The second-order valence-electron chi connectivity index (χ2n) is 14.1. The fourth-order valence-corrected chi connectivity index (χ4v) is 6.66. The third kappa shape index (κ3) is 17.2. The second-order valence-corrected chi connectivity index (χ2v) is 14.1. The molecule has 2 N–H and O–H groups in total. The van der Waals surface area contributed by atoms with Crippen molar-refractivity contribution in [3.63, 3.8) is 0 Å². The summed E-state index contributed by atoms with van der Waals surface area (Å²) in [4.78, 5) is 63.5. The number of carbonyl (C=O) groups excluding carboxylic acids is 5. The van der Waals surface area contributed by atoms with Crippen molar-refractivity contribution in [2.75, 3.05) is 58.2 Å². The second kappa shape index (κ2) is 27.4. The SMILES string of the molecule is CCCCCCCCCCCCCCCCOCCOCCOCCOCCCCCC(=O)Nc1cccc2c1C(=O)N(C1CCC(=O)NC1=O)C2=O. The van der Waals surface area contributed by atoms with Crippen molar-refractivity contribution >= 4 is 35.2 Å². The molecule has 2 heterocycles. The maximum atomic E-state index is 13.2. The number of imide groups is 2. The van der Waals surface area contributed by atoms with E-state index < -0.39 is 29.7 Å². The summed E-state index contributed by atoms with van der Waals surface area (Å²) in [6.07, 6.45) is 21.6. The highest BCUT2D eigenvalue weighted by atomic mass is 16.6. The van der Waals surface area contributed by atoms with E-state index in [4.69, 9.17) is 18.9 Å². The van der Waals surface area contributed by atoms with E-state index in [0.717, 1.165) is 30.8 Å². The predicted molar refractivity (Wildman–Crippen MR) is 204 cm³/mol. The number of hydrogen-bond donors (Lipinski definition) is 2. The highest BCUT2D eigenvalue weighted by Gasteiger charge is 2.45. The van der Waals surface area contributed by atoms with Crippen LogP contribution in [-0.2, 0) is 33.3 Å². The van der Waals surface area contributed by atoms with Gasteiger partial charge in [0.15, 0.2) is 0 Å². The van der Waals surface area contributed by atoms with E-state index in [2.05, 4.69) is 17.6 Å². The lowest BCUT2D eigenvalue weighted by Crippen LogP contribution is -2.54. The molecule has 0 saturated carbocycles. The Hall–Kier alpha value is -3.19. The Morgan fingerprint density at radius 1 is 0.660 bits per heavy atom. The molecule has 0 aromatic heterocycles. The van der Waals surface area contributed by atoms with Crippen LogP contribution in [0.2, 0.25) is 0 Å². The molecule has 0 bridgehead atoms. The van der Waals surface area contributed by atoms with E-state index >= 15 is 0 Å². The molecule has 0 spiro atoms. The first-order valence-corrected chi connectivity index (χ1v) is 20.4. The largest absolute Gasteiger partial charge is 0.379 e. The zero-order valence-electron chi connectivity index (χ0n) is 32.2. The monoisotopic (exact) mass is 743 g/mol. The number of carbonyl (C=O) groups is 5. The standard InChI is InChI=1S/C41H65N3O9/c1-2-3-4-5-6-7-8-9-10-11-12-13-14-17-25-50-27-29-52-31-32-53-30-28-51-26-18-15-16-22-36(45)42-34-21-19-20-33-38(34)41(49)44(40(33)48)35-23-24-37(46)43-39(35)47/h19-21,35H,2-18,22-32H2,1H3,(H,42,45)(H,43,46,47). The quantitative estimate of drug-likeness (QED) is 0.0580. The molecule has 1 fully saturated rings. The minimum atomic E-state index is -1.06. The Morgan fingerprint density at radius 3 is 1.68 bits per heavy atom. The predicted octanol–water partition coefficient (Wildman–Crippen LogP) is 7.13. The van der Waals surface area contributed by atoms with Crippen molar-refractivity contribution in [3.8, 4) is 0 Å². The highest BCUT2D eigenvalue weighted by molar-refractivity contribution is 6.26. The van der Waals surface area contributed by atoms with Gasteiger partial charge in [-0.15, -0.1) is 0 Å². The van der Waals surface area contributed by atoms with Crippen LogP contribution in [0, 0.1) is 0 Å². The first-order chi connectivity index (χ1) is 25.9. The molecule has 3 rings (SSSR count). The molecule has 2 aliphatic rings. The van der Waals surface area contributed by atoms with Gasteiger partial charge in [-0.25, -0.2) is 0 Å². The molecule has 5 amide bonds. The van der Waals surface area contributed by atoms with E-state index in [1.54, 1.807) is 12.1 Å². The van der Waals surface area contributed by atoms with Crippen LogP contribution in [0.3, 0.4) is 0 Å². The maximum Gasteiger partial charge on any atom is 0.264 e. The van der Waals surface area contributed by atoms with Crippen molar-refractivity contribution in [1.29, 1.82) is 0 Å². The van der Waals surface area contributed by atoms with Crippen LogP contribution in [-0.4, -0.2) is 93.3 Å². The number of hydrogen-bond acceptors (Lipinski definition) is 9. The first kappa shape index (κ1) is 44.2. The van der Waals surface area contributed by atoms with Crippen LogP contribution in [0.25, 0.3) is 0 Å². The Labute approximate surface area is 316 Å². The molecule has 53 heavy (non-hydrogen) atoms. The van der Waals surface area contributed by atoms with Crippen LogP contribution >= 0.6 is 0 Å². The number of benzene rings is 1. The van der Waals surface area contributed by atoms with Gasteiger partial charge in [-0.1, -0.05) is 103 Å². The van der Waals surface area contributed by atoms with Crippen molar-refractivity contribution in [1.82, 2.24) is 10.2 Å². The molecule has 1 unspecified atom stereocenters. The van der Waals surface area contributed by atoms with Gasteiger partial charge in [-0.3, -0.25) is 34.2 Å². The average molecular weight is 744 g/mol. The topological polar surface area (TPSA) is 150 Å². The van der Waals surface area contributed by atoms with Crippen molar-refractivity contribution in [2.24, 2.45) is 0 Å². The summed E-state index contributed by atoms with van der Waals surface area (Å²) in [5, 5.41) is 4.93. The maximum absolute atomic E-state index is 13.2. The van der Waals surface area contributed by atoms with Gasteiger partial charge >= 0.3 is 0 Å². The van der Waals surface area contributed by atoms with Crippen LogP contribution < -0.4 is 10.6 Å². The average Bonchev–Trinajstić information content (AvgIpc) is 3.40. The molecular formula is C41H65N3O9. The minimum absolute atomic E-state index is 0.0395. The highest BCUT2D eigenvalue weighted by Crippen LogP contribution is 2.32. The molecule has 0 radical (unpaired) electrons. The van der Waals surface area contributed by atoms with Gasteiger partial charge in [-0.2, -0.15) is 0 Å². The molecule has 2 aliphatic heterocycles. The Kier molecular flexibility index (Phi) is 22.9. The van der Waals surface area contributed by atoms with Gasteiger partial charge < -0.3 is 24.3 Å². The van der Waals surface area contributed by atoms with Gasteiger partial charge in [0.1, 0.15) is 6.04 Å². The van der Waals surface area contributed by atoms with Crippen LogP contribution in [0.1, 0.15) is 156 Å². The number of anilines is 1. The molecule has 1 saturated heterocycles. The third-order valence-electron chi connectivity index (χ3n) is 9.69. The Morgan fingerprint density at radius 2 is 1.15 bits per heavy atom. The van der Waals surface area contributed by atoms with Crippen LogP contribution in [0.15, 0.2) is 18.2 Å². The van der Waals surface area contributed by atoms with Crippen molar-refractivity contribution < 1.29 is 42.9 Å². The first-order valence-electron chi connectivity index (χ1n) is 20.4. The van der Waals surface area contributed by atoms with Crippen molar-refractivity contribution in [2.45, 2.75) is 141 Å². The Bertz CT molecular complexity index is 1260. The number of rotatable bonds is 32. The summed E-state index contributed by atoms with van der Waals surface area (Å²) in [5.74, 6) is -2.65. The van der Waals surface area contributed by atoms with E-state index in [0.29, 0.717) is 52.7 Å². The summed E-state index contributed by atoms with van der Waals surface area (Å²) in [7, 11) is 0. The molecule has 0 aliphatic carbocycles. The van der Waals surface area contributed by atoms with Crippen LogP contribution in [0.4, 0.5) is 5.69 Å². The molecule has 1 aromatic carbocycles. The molecule has 1 atom stereocenters. The molecule has 1 aromatic rings. The zero-order chi connectivity index (χ0) is 37.9. The molecule has 12 nitrogen and oxygen atoms in total. The fourth-order valence-electron chi connectivity index (χ4n) is 6.66. The molecule has 12 heteroatoms. The smallest absolute Gasteiger partial charge is 0.264 e. The van der Waals surface area contributed by atoms with Crippen molar-refractivity contribution in [3.05, 3.63) is 29.3 Å². The number of unbranched alkanes of at least 4 members (excludes halogenated alkanes) is 15. The van der Waals surface area contributed by atoms with Gasteiger partial charge in [0.25, 0.3) is 11.8 Å². The fraction of sp³-hybridized carbons (Fsp3) is 0.732. The van der Waals surface area contributed by atoms with Crippen LogP contribution in [0.5, 0.6) is 0 Å². The molecule has 298 valence electrons.